The van der Waals surface area contributed by atoms with Crippen molar-refractivity contribution in [1.82, 2.24) is 0 Å². The first-order valence-electron chi connectivity index (χ1n) is 5.39. The smallest absolute Gasteiger partial charge is 0.368 e. The van der Waals surface area contributed by atoms with Crippen molar-refractivity contribution in [1.29, 1.82) is 0 Å². The fourth-order valence-corrected chi connectivity index (χ4v) is 0.756. The van der Waals surface area contributed by atoms with Gasteiger partial charge < -0.3 is 9.47 Å². The number of ether oxygens (including phenoxy) is 2. The molecule has 0 saturated carbocycles. The van der Waals surface area contributed by atoms with Gasteiger partial charge in [-0.1, -0.05) is 13.5 Å². The van der Waals surface area contributed by atoms with Gasteiger partial charge in [-0.05, 0) is 13.3 Å². The Kier molecular flexibility index (Phi) is 10.00. The quantitative estimate of drug-likeness (QED) is 0.247. The van der Waals surface area contributed by atoms with Crippen molar-refractivity contribution in [3.05, 3.63) is 12.2 Å². The third kappa shape index (κ3) is 8.40. The summed E-state index contributed by atoms with van der Waals surface area (Å²) in [5.74, 6) is -0.531. The number of hydrogen-bond donors (Lipinski definition) is 0. The molecule has 0 aromatic heterocycles. The van der Waals surface area contributed by atoms with E-state index in [1.807, 2.05) is 13.8 Å². The van der Waals surface area contributed by atoms with Crippen LogP contribution in [0.25, 0.3) is 0 Å². The summed E-state index contributed by atoms with van der Waals surface area (Å²) in [6.07, 6.45) is 0.549. The Morgan fingerprint density at radius 2 is 1.69 bits per heavy atom. The van der Waals surface area contributed by atoms with Gasteiger partial charge in [0.15, 0.2) is 0 Å². The molecule has 0 spiro atoms. The fourth-order valence-electron chi connectivity index (χ4n) is 0.756. The normalized spacial score (nSPS) is 10.1. The highest BCUT2D eigenvalue weighted by Gasteiger charge is 2.06. The Morgan fingerprint density at radius 3 is 2.31 bits per heavy atom. The molecule has 5 heteroatoms. The van der Waals surface area contributed by atoms with Crippen molar-refractivity contribution in [2.75, 3.05) is 33.0 Å². The molecule has 0 bridgehead atoms. The summed E-state index contributed by atoms with van der Waals surface area (Å²) in [6.45, 7) is 9.56. The molecule has 0 N–H and O–H groups in total. The summed E-state index contributed by atoms with van der Waals surface area (Å²) in [5.41, 5.74) is 0.386. The lowest BCUT2D eigenvalue weighted by atomic mass is 10.2. The zero-order chi connectivity index (χ0) is 12.2. The molecule has 0 fully saturated rings. The number of carbonyl (C=O) groups is 1. The summed E-state index contributed by atoms with van der Waals surface area (Å²) >= 11 is 0. The highest BCUT2D eigenvalue weighted by atomic mass is 17.2. The van der Waals surface area contributed by atoms with Crippen LogP contribution < -0.4 is 0 Å². The van der Waals surface area contributed by atoms with Crippen LogP contribution in [0.5, 0.6) is 0 Å². The van der Waals surface area contributed by atoms with Gasteiger partial charge in [0.1, 0.15) is 6.61 Å². The lowest BCUT2D eigenvalue weighted by Crippen LogP contribution is -2.12. The second kappa shape index (κ2) is 10.6. The van der Waals surface area contributed by atoms with Gasteiger partial charge in [-0.25, -0.2) is 4.79 Å². The van der Waals surface area contributed by atoms with E-state index in [2.05, 4.69) is 16.4 Å². The van der Waals surface area contributed by atoms with Crippen LogP contribution in [0.2, 0.25) is 0 Å². The van der Waals surface area contributed by atoms with E-state index >= 15 is 0 Å². The molecule has 0 unspecified atom stereocenters. The first-order valence-corrected chi connectivity index (χ1v) is 5.39. The Hall–Kier alpha value is -0.910. The van der Waals surface area contributed by atoms with Crippen molar-refractivity contribution in [2.24, 2.45) is 0 Å². The predicted octanol–water partition coefficient (Wildman–Crippen LogP) is 1.48. The van der Waals surface area contributed by atoms with E-state index < -0.39 is 5.97 Å². The first kappa shape index (κ1) is 15.1. The monoisotopic (exact) mass is 232 g/mol. The van der Waals surface area contributed by atoms with Gasteiger partial charge in [0, 0.05) is 12.2 Å². The van der Waals surface area contributed by atoms with Crippen LogP contribution in [0.4, 0.5) is 0 Å². The minimum absolute atomic E-state index is 0.203. The molecule has 0 aliphatic rings. The molecular formula is C11H20O5. The maximum absolute atomic E-state index is 11.0. The molecule has 0 heterocycles. The fraction of sp³-hybridized carbons (Fsp3) is 0.727. The van der Waals surface area contributed by atoms with E-state index in [-0.39, 0.29) is 6.61 Å². The maximum Gasteiger partial charge on any atom is 0.368 e. The Bertz CT molecular complexity index is 203. The van der Waals surface area contributed by atoms with Crippen LogP contribution in [0, 0.1) is 0 Å². The Morgan fingerprint density at radius 1 is 1.06 bits per heavy atom. The van der Waals surface area contributed by atoms with E-state index in [1.54, 1.807) is 0 Å². The number of rotatable bonds is 10. The molecule has 16 heavy (non-hydrogen) atoms. The highest BCUT2D eigenvalue weighted by molar-refractivity contribution is 5.87. The standard InChI is InChI=1S/C11H20O5/c1-4-10(3)11(12)16-15-9-8-14-7-6-13-5-2/h3-9H2,1-2H3. The maximum atomic E-state index is 11.0. The molecule has 0 aromatic carbocycles. The van der Waals surface area contributed by atoms with E-state index in [0.29, 0.717) is 38.4 Å². The zero-order valence-corrected chi connectivity index (χ0v) is 9.99. The average molecular weight is 232 g/mol. The summed E-state index contributed by atoms with van der Waals surface area (Å²) in [4.78, 5) is 20.2. The molecule has 0 aromatic rings. The second-order valence-electron chi connectivity index (χ2n) is 2.96. The van der Waals surface area contributed by atoms with Gasteiger partial charge in [-0.2, -0.15) is 4.89 Å². The molecule has 0 rings (SSSR count). The van der Waals surface area contributed by atoms with E-state index in [0.717, 1.165) is 0 Å². The molecule has 5 nitrogen and oxygen atoms in total. The van der Waals surface area contributed by atoms with E-state index in [4.69, 9.17) is 9.47 Å². The van der Waals surface area contributed by atoms with Crippen LogP contribution in [-0.2, 0) is 24.0 Å². The SMILES string of the molecule is C=C(CC)C(=O)OOCCOCCOCC. The number of hydrogen-bond acceptors (Lipinski definition) is 5. The summed E-state index contributed by atoms with van der Waals surface area (Å²) in [6, 6.07) is 0. The van der Waals surface area contributed by atoms with Crippen molar-refractivity contribution in [3.8, 4) is 0 Å². The van der Waals surface area contributed by atoms with Gasteiger partial charge in [-0.3, -0.25) is 4.89 Å². The van der Waals surface area contributed by atoms with E-state index in [9.17, 15) is 4.79 Å². The molecule has 0 radical (unpaired) electrons. The highest BCUT2D eigenvalue weighted by Crippen LogP contribution is 1.99. The van der Waals surface area contributed by atoms with Gasteiger partial charge in [0.2, 0.25) is 0 Å². The molecule has 0 amide bonds. The minimum atomic E-state index is -0.531. The van der Waals surface area contributed by atoms with Gasteiger partial charge in [-0.15, -0.1) is 0 Å². The van der Waals surface area contributed by atoms with Crippen LogP contribution >= 0.6 is 0 Å². The predicted molar refractivity (Wildman–Crippen MR) is 58.8 cm³/mol. The van der Waals surface area contributed by atoms with Crippen molar-refractivity contribution in [2.45, 2.75) is 20.3 Å². The second-order valence-corrected chi connectivity index (χ2v) is 2.96. The zero-order valence-electron chi connectivity index (χ0n) is 9.99. The topological polar surface area (TPSA) is 54.0 Å². The molecule has 94 valence electrons. The van der Waals surface area contributed by atoms with Crippen LogP contribution in [0.3, 0.4) is 0 Å². The molecule has 0 saturated heterocycles. The van der Waals surface area contributed by atoms with Crippen LogP contribution in [0.1, 0.15) is 20.3 Å². The van der Waals surface area contributed by atoms with Gasteiger partial charge in [0.25, 0.3) is 0 Å². The molecular weight excluding hydrogens is 212 g/mol. The lowest BCUT2D eigenvalue weighted by Gasteiger charge is -2.05. The van der Waals surface area contributed by atoms with Crippen molar-refractivity contribution in [3.63, 3.8) is 0 Å². The Balaban J connectivity index is 3.21. The number of carbonyl (C=O) groups excluding carboxylic acids is 1. The average Bonchev–Trinajstić information content (AvgIpc) is 2.31. The summed E-state index contributed by atoms with van der Waals surface area (Å²) < 4.78 is 10.2. The molecule has 0 atom stereocenters. The minimum Gasteiger partial charge on any atom is -0.379 e. The van der Waals surface area contributed by atoms with Gasteiger partial charge >= 0.3 is 5.97 Å². The summed E-state index contributed by atoms with van der Waals surface area (Å²) in [5, 5.41) is 0. The van der Waals surface area contributed by atoms with Gasteiger partial charge in [0.05, 0.1) is 19.8 Å². The third-order valence-electron chi connectivity index (χ3n) is 1.74. The van der Waals surface area contributed by atoms with E-state index in [1.165, 1.54) is 0 Å². The largest absolute Gasteiger partial charge is 0.379 e. The van der Waals surface area contributed by atoms with Crippen molar-refractivity contribution < 1.29 is 24.0 Å². The molecule has 0 aliphatic carbocycles. The molecule has 0 aliphatic heterocycles. The Labute approximate surface area is 96.2 Å². The lowest BCUT2D eigenvalue weighted by molar-refractivity contribution is -0.272. The van der Waals surface area contributed by atoms with Crippen LogP contribution in [-0.4, -0.2) is 39.0 Å². The first-order chi connectivity index (χ1) is 7.72. The third-order valence-corrected chi connectivity index (χ3v) is 1.74. The van der Waals surface area contributed by atoms with Crippen LogP contribution in [0.15, 0.2) is 12.2 Å². The summed E-state index contributed by atoms with van der Waals surface area (Å²) in [7, 11) is 0. The van der Waals surface area contributed by atoms with Crippen molar-refractivity contribution >= 4 is 5.97 Å².